The average Bonchev–Trinajstić information content (AvgIpc) is 2.76. The number of fused-ring (bicyclic) bond motifs is 1. The zero-order valence-electron chi connectivity index (χ0n) is 17.9. The minimum atomic E-state index is -0.516. The van der Waals surface area contributed by atoms with Gasteiger partial charge in [0.05, 0.1) is 13.2 Å². The molecule has 7 heteroatoms. The molecule has 2 aromatic rings. The van der Waals surface area contributed by atoms with Gasteiger partial charge in [-0.25, -0.2) is 0 Å². The molecule has 1 N–H and O–H groups in total. The Morgan fingerprint density at radius 1 is 1.13 bits per heavy atom. The predicted molar refractivity (Wildman–Crippen MR) is 118 cm³/mol. The highest BCUT2D eigenvalue weighted by atomic mass is 16.6. The van der Waals surface area contributed by atoms with Crippen LogP contribution in [-0.4, -0.2) is 32.3 Å². The lowest BCUT2D eigenvalue weighted by Gasteiger charge is -2.19. The lowest BCUT2D eigenvalue weighted by molar-refractivity contribution is -0.112. The van der Waals surface area contributed by atoms with Gasteiger partial charge in [-0.05, 0) is 48.7 Å². The van der Waals surface area contributed by atoms with Crippen LogP contribution in [0.3, 0.4) is 0 Å². The summed E-state index contributed by atoms with van der Waals surface area (Å²) in [5.41, 5.74) is 1.14. The molecule has 1 heterocycles. The highest BCUT2D eigenvalue weighted by Gasteiger charge is 2.15. The van der Waals surface area contributed by atoms with Crippen molar-refractivity contribution in [3.8, 4) is 29.1 Å². The highest BCUT2D eigenvalue weighted by molar-refractivity contribution is 6.09. The Kier molecular flexibility index (Phi) is 7.39. The van der Waals surface area contributed by atoms with E-state index in [1.54, 1.807) is 36.4 Å². The van der Waals surface area contributed by atoms with Gasteiger partial charge in [0, 0.05) is 11.8 Å². The Morgan fingerprint density at radius 2 is 1.90 bits per heavy atom. The molecular weight excluding hydrogens is 396 g/mol. The lowest BCUT2D eigenvalue weighted by Crippen LogP contribution is -2.17. The van der Waals surface area contributed by atoms with E-state index in [-0.39, 0.29) is 5.57 Å². The molecule has 1 amide bonds. The van der Waals surface area contributed by atoms with Crippen LogP contribution in [-0.2, 0) is 4.79 Å². The van der Waals surface area contributed by atoms with Gasteiger partial charge in [-0.3, -0.25) is 4.79 Å². The number of ether oxygens (including phenoxy) is 4. The summed E-state index contributed by atoms with van der Waals surface area (Å²) in [6.07, 6.45) is 1.52. The molecular formula is C24H26N2O5. The number of anilines is 1. The van der Waals surface area contributed by atoms with Crippen molar-refractivity contribution in [2.75, 3.05) is 31.7 Å². The third kappa shape index (κ3) is 5.92. The van der Waals surface area contributed by atoms with Crippen molar-refractivity contribution in [1.82, 2.24) is 0 Å². The topological polar surface area (TPSA) is 89.8 Å². The van der Waals surface area contributed by atoms with E-state index in [1.165, 1.54) is 6.08 Å². The lowest BCUT2D eigenvalue weighted by atomic mass is 10.1. The van der Waals surface area contributed by atoms with Crippen LogP contribution in [0, 0.1) is 17.2 Å². The third-order valence-corrected chi connectivity index (χ3v) is 4.32. The van der Waals surface area contributed by atoms with Crippen LogP contribution in [0.15, 0.2) is 42.0 Å². The second-order valence-electron chi connectivity index (χ2n) is 7.33. The van der Waals surface area contributed by atoms with Gasteiger partial charge in [0.2, 0.25) is 0 Å². The van der Waals surface area contributed by atoms with Gasteiger partial charge in [0.15, 0.2) is 23.0 Å². The van der Waals surface area contributed by atoms with Crippen molar-refractivity contribution >= 4 is 17.7 Å². The number of benzene rings is 2. The van der Waals surface area contributed by atoms with Crippen molar-refractivity contribution in [3.63, 3.8) is 0 Å². The van der Waals surface area contributed by atoms with Gasteiger partial charge in [-0.15, -0.1) is 0 Å². The van der Waals surface area contributed by atoms with E-state index in [0.29, 0.717) is 66.6 Å². The maximum atomic E-state index is 12.6. The Hall–Kier alpha value is -3.66. The van der Waals surface area contributed by atoms with Crippen molar-refractivity contribution in [3.05, 3.63) is 47.5 Å². The molecule has 2 aromatic carbocycles. The maximum Gasteiger partial charge on any atom is 0.266 e. The van der Waals surface area contributed by atoms with Crippen LogP contribution < -0.4 is 24.3 Å². The second kappa shape index (κ2) is 10.4. The first-order valence-electron chi connectivity index (χ1n) is 10.2. The zero-order valence-corrected chi connectivity index (χ0v) is 17.9. The molecule has 0 bridgehead atoms. The first-order chi connectivity index (χ1) is 15.0. The molecule has 0 spiro atoms. The summed E-state index contributed by atoms with van der Waals surface area (Å²) in [6, 6.07) is 12.4. The van der Waals surface area contributed by atoms with Gasteiger partial charge in [0.25, 0.3) is 5.91 Å². The number of carbonyl (C=O) groups excluding carboxylic acids is 1. The van der Waals surface area contributed by atoms with Crippen LogP contribution >= 0.6 is 0 Å². The smallest absolute Gasteiger partial charge is 0.266 e. The number of nitrogens with zero attached hydrogens (tertiary/aromatic N) is 1. The summed E-state index contributed by atoms with van der Waals surface area (Å²) in [7, 11) is 0. The van der Waals surface area contributed by atoms with E-state index in [1.807, 2.05) is 13.0 Å². The van der Waals surface area contributed by atoms with E-state index in [2.05, 4.69) is 19.2 Å². The Labute approximate surface area is 182 Å². The quantitative estimate of drug-likeness (QED) is 0.500. The van der Waals surface area contributed by atoms with E-state index >= 15 is 0 Å². The molecule has 7 nitrogen and oxygen atoms in total. The molecule has 1 aliphatic heterocycles. The standard InChI is InChI=1S/C24H26N2O5/c1-4-28-22-12-17(5-7-21(22)31-15-16(2)3)11-18(14-25)24(27)26-19-6-8-20-23(13-19)30-10-9-29-20/h5-8,11-13,16H,4,9-10,15H2,1-3H3,(H,26,27)/b18-11+. The molecule has 162 valence electrons. The summed E-state index contributed by atoms with van der Waals surface area (Å²) in [5.74, 6) is 2.25. The molecule has 31 heavy (non-hydrogen) atoms. The summed E-state index contributed by atoms with van der Waals surface area (Å²) in [5, 5.41) is 12.2. The minimum Gasteiger partial charge on any atom is -0.490 e. The number of hydrogen-bond acceptors (Lipinski definition) is 6. The fourth-order valence-electron chi connectivity index (χ4n) is 2.89. The molecule has 0 aliphatic carbocycles. The number of carbonyl (C=O) groups is 1. The van der Waals surface area contributed by atoms with Gasteiger partial charge in [-0.1, -0.05) is 19.9 Å². The number of nitriles is 1. The number of rotatable bonds is 8. The van der Waals surface area contributed by atoms with E-state index in [4.69, 9.17) is 18.9 Å². The van der Waals surface area contributed by atoms with Gasteiger partial charge in [-0.2, -0.15) is 5.26 Å². The molecule has 0 saturated heterocycles. The number of amides is 1. The minimum absolute atomic E-state index is 0.0341. The van der Waals surface area contributed by atoms with E-state index in [0.717, 1.165) is 0 Å². The summed E-state index contributed by atoms with van der Waals surface area (Å²) >= 11 is 0. The number of hydrogen-bond donors (Lipinski definition) is 1. The Morgan fingerprint density at radius 3 is 2.61 bits per heavy atom. The van der Waals surface area contributed by atoms with E-state index in [9.17, 15) is 10.1 Å². The van der Waals surface area contributed by atoms with Crippen LogP contribution in [0.25, 0.3) is 6.08 Å². The SMILES string of the molecule is CCOc1cc(/C=C(\C#N)C(=O)Nc2ccc3c(c2)OCCO3)ccc1OCC(C)C. The van der Waals surface area contributed by atoms with Crippen LogP contribution in [0.1, 0.15) is 26.3 Å². The maximum absolute atomic E-state index is 12.6. The summed E-state index contributed by atoms with van der Waals surface area (Å²) in [4.78, 5) is 12.6. The van der Waals surface area contributed by atoms with Gasteiger partial charge in [0.1, 0.15) is 24.9 Å². The molecule has 0 saturated carbocycles. The highest BCUT2D eigenvalue weighted by Crippen LogP contribution is 2.33. The van der Waals surface area contributed by atoms with Crippen molar-refractivity contribution in [2.24, 2.45) is 5.92 Å². The molecule has 0 unspecified atom stereocenters. The summed E-state index contributed by atoms with van der Waals surface area (Å²) in [6.45, 7) is 8.00. The fourth-order valence-corrected chi connectivity index (χ4v) is 2.89. The Balaban J connectivity index is 1.77. The van der Waals surface area contributed by atoms with Crippen LogP contribution in [0.2, 0.25) is 0 Å². The van der Waals surface area contributed by atoms with Crippen molar-refractivity contribution in [1.29, 1.82) is 5.26 Å². The first-order valence-corrected chi connectivity index (χ1v) is 10.2. The molecule has 0 aromatic heterocycles. The zero-order chi connectivity index (χ0) is 22.2. The van der Waals surface area contributed by atoms with Crippen LogP contribution in [0.4, 0.5) is 5.69 Å². The molecule has 0 atom stereocenters. The van der Waals surface area contributed by atoms with Gasteiger partial charge < -0.3 is 24.3 Å². The first kappa shape index (κ1) is 22.0. The third-order valence-electron chi connectivity index (χ3n) is 4.32. The molecule has 0 fully saturated rings. The largest absolute Gasteiger partial charge is 0.490 e. The predicted octanol–water partition coefficient (Wildman–Crippen LogP) is 4.44. The fraction of sp³-hybridized carbons (Fsp3) is 0.333. The summed E-state index contributed by atoms with van der Waals surface area (Å²) < 4.78 is 22.5. The molecule has 3 rings (SSSR count). The average molecular weight is 422 g/mol. The van der Waals surface area contributed by atoms with Crippen LogP contribution in [0.5, 0.6) is 23.0 Å². The van der Waals surface area contributed by atoms with E-state index < -0.39 is 5.91 Å². The monoisotopic (exact) mass is 422 g/mol. The van der Waals surface area contributed by atoms with Gasteiger partial charge >= 0.3 is 0 Å². The second-order valence-corrected chi connectivity index (χ2v) is 7.33. The van der Waals surface area contributed by atoms with Crippen molar-refractivity contribution < 1.29 is 23.7 Å². The molecule has 0 radical (unpaired) electrons. The van der Waals surface area contributed by atoms with Crippen molar-refractivity contribution in [2.45, 2.75) is 20.8 Å². The Bertz CT molecular complexity index is 1010. The number of nitrogens with one attached hydrogen (secondary N) is 1. The molecule has 1 aliphatic rings. The normalized spacial score (nSPS) is 12.8.